The second-order valence-electron chi connectivity index (χ2n) is 8.99. The Bertz CT molecular complexity index is 1120. The van der Waals surface area contributed by atoms with Crippen LogP contribution >= 0.6 is 11.8 Å². The highest BCUT2D eigenvalue weighted by molar-refractivity contribution is 8.18. The van der Waals surface area contributed by atoms with Gasteiger partial charge in [0.15, 0.2) is 5.17 Å². The number of fused-ring (bicyclic) bond motifs is 1. The summed E-state index contributed by atoms with van der Waals surface area (Å²) in [6.45, 7) is 9.98. The van der Waals surface area contributed by atoms with Crippen molar-refractivity contribution in [1.29, 1.82) is 0 Å². The fraction of sp³-hybridized carbons (Fsp3) is 0.385. The van der Waals surface area contributed by atoms with Gasteiger partial charge in [0.2, 0.25) is 0 Å². The molecular formula is C26H31N3O3S. The number of nitrogens with one attached hydrogen (secondary N) is 1. The van der Waals surface area contributed by atoms with Gasteiger partial charge in [-0.1, -0.05) is 6.92 Å². The molecule has 2 aliphatic heterocycles. The van der Waals surface area contributed by atoms with Crippen molar-refractivity contribution in [1.82, 2.24) is 5.32 Å². The van der Waals surface area contributed by atoms with E-state index in [1.165, 1.54) is 23.0 Å². The van der Waals surface area contributed by atoms with E-state index in [1.54, 1.807) is 14.2 Å². The molecule has 2 heterocycles. The number of ether oxygens (including phenoxy) is 2. The van der Waals surface area contributed by atoms with Crippen LogP contribution in [0.1, 0.15) is 51.2 Å². The van der Waals surface area contributed by atoms with Gasteiger partial charge in [-0.2, -0.15) is 0 Å². The van der Waals surface area contributed by atoms with Crippen molar-refractivity contribution in [2.75, 3.05) is 25.7 Å². The van der Waals surface area contributed by atoms with E-state index in [1.807, 2.05) is 30.3 Å². The van der Waals surface area contributed by atoms with Crippen LogP contribution in [0.2, 0.25) is 0 Å². The van der Waals surface area contributed by atoms with Gasteiger partial charge in [-0.15, -0.1) is 0 Å². The normalized spacial score (nSPS) is 21.8. The molecule has 1 atom stereocenters. The summed E-state index contributed by atoms with van der Waals surface area (Å²) < 4.78 is 10.9. The average Bonchev–Trinajstić information content (AvgIpc) is 3.12. The van der Waals surface area contributed by atoms with E-state index in [4.69, 9.17) is 9.47 Å². The third kappa shape index (κ3) is 4.60. The summed E-state index contributed by atoms with van der Waals surface area (Å²) in [5.41, 5.74) is 4.24. The Hall–Kier alpha value is -2.93. The zero-order valence-electron chi connectivity index (χ0n) is 20.1. The van der Waals surface area contributed by atoms with Crippen molar-refractivity contribution < 1.29 is 14.3 Å². The van der Waals surface area contributed by atoms with Gasteiger partial charge in [-0.05, 0) is 86.8 Å². The van der Waals surface area contributed by atoms with Crippen molar-refractivity contribution in [2.24, 2.45) is 4.99 Å². The number of thioether (sulfide) groups is 1. The molecule has 0 aromatic heterocycles. The molecule has 4 rings (SSSR count). The number of anilines is 1. The van der Waals surface area contributed by atoms with Crippen molar-refractivity contribution in [3.05, 3.63) is 52.4 Å². The Morgan fingerprint density at radius 1 is 1.21 bits per heavy atom. The smallest absolute Gasteiger partial charge is 0.264 e. The predicted molar refractivity (Wildman–Crippen MR) is 137 cm³/mol. The number of hydrogen-bond acceptors (Lipinski definition) is 6. The second-order valence-corrected chi connectivity index (χ2v) is 10.0. The lowest BCUT2D eigenvalue weighted by molar-refractivity contribution is -0.115. The van der Waals surface area contributed by atoms with E-state index in [-0.39, 0.29) is 11.4 Å². The predicted octanol–water partition coefficient (Wildman–Crippen LogP) is 5.71. The molecule has 174 valence electrons. The maximum Gasteiger partial charge on any atom is 0.264 e. The standard InChI is InChI=1S/C26H31N3O3S/c1-7-29-21-14-22(32-6)17(12-20(21)16(2)15-26(29,3)4)13-23-24(30)28-25(33-23)27-18-8-10-19(31-5)11-9-18/h8-14,16H,7,15H2,1-6H3,(H,27,28,30)/b23-13+. The number of carbonyl (C=O) groups excluding carboxylic acids is 1. The number of aliphatic imine (C=N–C) groups is 1. The molecule has 0 aliphatic carbocycles. The number of benzene rings is 2. The van der Waals surface area contributed by atoms with Crippen molar-refractivity contribution in [3.8, 4) is 11.5 Å². The molecule has 0 spiro atoms. The SMILES string of the molecule is CCN1c2cc(OC)c(/C=C3/SC(=Nc4ccc(OC)cc4)NC3=O)cc2C(C)CC1(C)C. The van der Waals surface area contributed by atoms with Crippen molar-refractivity contribution in [3.63, 3.8) is 0 Å². The van der Waals surface area contributed by atoms with Crippen LogP contribution in [0.5, 0.6) is 11.5 Å². The zero-order valence-corrected chi connectivity index (χ0v) is 20.9. The Balaban J connectivity index is 1.67. The van der Waals surface area contributed by atoms with Crippen LogP contribution in [0.15, 0.2) is 46.3 Å². The Morgan fingerprint density at radius 2 is 1.94 bits per heavy atom. The van der Waals surface area contributed by atoms with Gasteiger partial charge < -0.3 is 19.7 Å². The van der Waals surface area contributed by atoms with Gasteiger partial charge in [0, 0.05) is 29.4 Å². The third-order valence-corrected chi connectivity index (χ3v) is 7.20. The minimum atomic E-state index is -0.156. The molecule has 0 radical (unpaired) electrons. The number of carbonyl (C=O) groups is 1. The number of rotatable bonds is 5. The first-order valence-electron chi connectivity index (χ1n) is 11.2. The maximum atomic E-state index is 12.7. The third-order valence-electron chi connectivity index (χ3n) is 6.29. The first kappa shape index (κ1) is 23.2. The highest BCUT2D eigenvalue weighted by atomic mass is 32.2. The first-order valence-corrected chi connectivity index (χ1v) is 12.0. The summed E-state index contributed by atoms with van der Waals surface area (Å²) in [5.74, 6) is 1.79. The molecule has 1 unspecified atom stereocenters. The molecule has 1 amide bonds. The number of methoxy groups -OCH3 is 2. The molecule has 1 saturated heterocycles. The fourth-order valence-corrected chi connectivity index (χ4v) is 5.64. The maximum absolute atomic E-state index is 12.7. The van der Waals surface area contributed by atoms with Crippen LogP contribution in [0.25, 0.3) is 6.08 Å². The Morgan fingerprint density at radius 3 is 2.58 bits per heavy atom. The number of hydrogen-bond donors (Lipinski definition) is 1. The molecule has 2 aromatic rings. The van der Waals surface area contributed by atoms with Crippen LogP contribution in [0.4, 0.5) is 11.4 Å². The van der Waals surface area contributed by atoms with Gasteiger partial charge in [0.05, 0.1) is 24.8 Å². The zero-order chi connectivity index (χ0) is 23.8. The molecule has 1 fully saturated rings. The van der Waals surface area contributed by atoms with Crippen LogP contribution in [0.3, 0.4) is 0 Å². The number of nitrogens with zero attached hydrogens (tertiary/aromatic N) is 2. The van der Waals surface area contributed by atoms with Gasteiger partial charge >= 0.3 is 0 Å². The largest absolute Gasteiger partial charge is 0.497 e. The second kappa shape index (κ2) is 9.14. The summed E-state index contributed by atoms with van der Waals surface area (Å²) in [6, 6.07) is 11.7. The van der Waals surface area contributed by atoms with Gasteiger partial charge in [0.1, 0.15) is 11.5 Å². The van der Waals surface area contributed by atoms with E-state index >= 15 is 0 Å². The van der Waals surface area contributed by atoms with Crippen LogP contribution in [-0.4, -0.2) is 37.4 Å². The molecule has 6 nitrogen and oxygen atoms in total. The topological polar surface area (TPSA) is 63.2 Å². The average molecular weight is 466 g/mol. The van der Waals surface area contributed by atoms with Crippen LogP contribution in [-0.2, 0) is 4.79 Å². The minimum absolute atomic E-state index is 0.0835. The lowest BCUT2D eigenvalue weighted by atomic mass is 9.79. The van der Waals surface area contributed by atoms with Crippen molar-refractivity contribution >= 4 is 40.3 Å². The molecule has 33 heavy (non-hydrogen) atoms. The summed E-state index contributed by atoms with van der Waals surface area (Å²) >= 11 is 1.33. The molecule has 0 saturated carbocycles. The monoisotopic (exact) mass is 465 g/mol. The van der Waals surface area contributed by atoms with E-state index in [0.717, 1.165) is 35.7 Å². The lowest BCUT2D eigenvalue weighted by Gasteiger charge is -2.47. The Labute approximate surface area is 200 Å². The summed E-state index contributed by atoms with van der Waals surface area (Å²) in [5, 5.41) is 3.42. The first-order chi connectivity index (χ1) is 15.7. The highest BCUT2D eigenvalue weighted by Crippen LogP contribution is 2.46. The van der Waals surface area contributed by atoms with Gasteiger partial charge in [0.25, 0.3) is 5.91 Å². The van der Waals surface area contributed by atoms with Gasteiger partial charge in [-0.25, -0.2) is 4.99 Å². The summed E-state index contributed by atoms with van der Waals surface area (Å²) in [7, 11) is 3.30. The van der Waals surface area contributed by atoms with E-state index < -0.39 is 0 Å². The van der Waals surface area contributed by atoms with E-state index in [9.17, 15) is 4.79 Å². The summed E-state index contributed by atoms with van der Waals surface area (Å²) in [4.78, 5) is 20.3. The van der Waals surface area contributed by atoms with E-state index in [0.29, 0.717) is 16.0 Å². The number of amides is 1. The minimum Gasteiger partial charge on any atom is -0.497 e. The fourth-order valence-electron chi connectivity index (χ4n) is 4.81. The molecule has 2 aromatic carbocycles. The molecule has 2 aliphatic rings. The van der Waals surface area contributed by atoms with Gasteiger partial charge in [-0.3, -0.25) is 4.79 Å². The Kier molecular flexibility index (Phi) is 6.43. The van der Waals surface area contributed by atoms with Crippen LogP contribution < -0.4 is 19.7 Å². The molecule has 0 bridgehead atoms. The number of amidine groups is 1. The lowest BCUT2D eigenvalue weighted by Crippen LogP contribution is -2.48. The molecule has 7 heteroatoms. The molecular weight excluding hydrogens is 434 g/mol. The summed E-state index contributed by atoms with van der Waals surface area (Å²) in [6.07, 6.45) is 2.97. The molecule has 1 N–H and O–H groups in total. The van der Waals surface area contributed by atoms with Crippen molar-refractivity contribution in [2.45, 2.75) is 45.6 Å². The highest BCUT2D eigenvalue weighted by Gasteiger charge is 2.36. The van der Waals surface area contributed by atoms with E-state index in [2.05, 4.69) is 55.0 Å². The van der Waals surface area contributed by atoms with Crippen LogP contribution in [0, 0.1) is 0 Å². The quantitative estimate of drug-likeness (QED) is 0.573.